The summed E-state index contributed by atoms with van der Waals surface area (Å²) in [6.45, 7) is 0. The Labute approximate surface area is 75.0 Å². The van der Waals surface area contributed by atoms with Crippen LogP contribution in [0.25, 0.3) is 0 Å². The fourth-order valence-corrected chi connectivity index (χ4v) is 0. The predicted octanol–water partition coefficient (Wildman–Crippen LogP) is 2.54. The van der Waals surface area contributed by atoms with Gasteiger partial charge in [-0.25, -0.2) is 0 Å². The van der Waals surface area contributed by atoms with Crippen LogP contribution in [0.4, 0.5) is 0 Å². The molecule has 0 rings (SSSR count). The van der Waals surface area contributed by atoms with Crippen molar-refractivity contribution in [3.63, 3.8) is 0 Å². The Morgan fingerprint density at radius 1 is 0.857 bits per heavy atom. The van der Waals surface area contributed by atoms with Crippen LogP contribution in [0.15, 0.2) is 0 Å². The summed E-state index contributed by atoms with van der Waals surface area (Å²) in [5, 5.41) is 0. The first kappa shape index (κ1) is 35.9. The second-order valence-electron chi connectivity index (χ2n) is 0.101. The van der Waals surface area contributed by atoms with E-state index in [0.29, 0.717) is 0 Å². The molecule has 0 aliphatic carbocycles. The quantitative estimate of drug-likeness (QED) is 0.636. The van der Waals surface area contributed by atoms with Crippen LogP contribution in [0.1, 0.15) is 0 Å². The van der Waals surface area contributed by atoms with E-state index in [9.17, 15) is 0 Å². The second kappa shape index (κ2) is 43.4. The van der Waals surface area contributed by atoms with E-state index in [2.05, 4.69) is 0 Å². The molecule has 0 aliphatic rings. The summed E-state index contributed by atoms with van der Waals surface area (Å²) in [6.07, 6.45) is 0. The van der Waals surface area contributed by atoms with Crippen molar-refractivity contribution in [2.24, 2.45) is 0 Å². The maximum absolute atomic E-state index is 4.99. The van der Waals surface area contributed by atoms with Crippen LogP contribution < -0.4 is 12.3 Å². The molecule has 2 nitrogen and oxygen atoms in total. The van der Waals surface area contributed by atoms with Gasteiger partial charge in [-0.1, -0.05) is 0 Å². The van der Waals surface area contributed by atoms with Crippen molar-refractivity contribution in [3.05, 3.63) is 0 Å². The van der Waals surface area contributed by atoms with Crippen molar-refractivity contribution < 1.29 is 22.1 Å². The Morgan fingerprint density at radius 3 is 0.857 bits per heavy atom. The topological polar surface area (TPSA) is 70.0 Å². The van der Waals surface area contributed by atoms with E-state index >= 15 is 0 Å². The van der Waals surface area contributed by atoms with Crippen LogP contribution >= 0.6 is 41.3 Å². The zero-order valence-corrected chi connectivity index (χ0v) is 12.3. The van der Waals surface area contributed by atoms with Gasteiger partial charge in [0.2, 0.25) is 0 Å². The van der Waals surface area contributed by atoms with Crippen LogP contribution in [-0.2, 0) is 22.1 Å². The molecule has 6 N–H and O–H groups in total. The van der Waals surface area contributed by atoms with E-state index in [1.165, 1.54) is 0 Å². The number of hydrogen-bond donors (Lipinski definition) is 2. The maximum atomic E-state index is 4.99. The molecular weight excluding hydrogens is 370 g/mol. The molecule has 0 aliphatic heterocycles. The molecule has 7 heteroatoms. The van der Waals surface area contributed by atoms with Crippen LogP contribution in [0.3, 0.4) is 0 Å². The Morgan fingerprint density at radius 2 is 0.857 bits per heavy atom. The van der Waals surface area contributed by atoms with Gasteiger partial charge in [0.05, 0.1) is 0 Å². The molecular formula is H8Cl4HgN2. The van der Waals surface area contributed by atoms with Gasteiger partial charge in [-0.3, -0.25) is 0 Å². The number of halogens is 4. The molecule has 0 amide bonds. The summed E-state index contributed by atoms with van der Waals surface area (Å²) < 4.78 is 0. The van der Waals surface area contributed by atoms with Gasteiger partial charge in [0, 0.05) is 0 Å². The van der Waals surface area contributed by atoms with Gasteiger partial charge in [-0.05, 0) is 0 Å². The summed E-state index contributed by atoms with van der Waals surface area (Å²) >= 11 is -1.14. The molecule has 0 aromatic rings. The van der Waals surface area contributed by atoms with E-state index in [4.69, 9.17) is 16.5 Å². The first-order chi connectivity index (χ1) is 1.41. The van der Waals surface area contributed by atoms with Gasteiger partial charge in [-0.2, -0.15) is 0 Å². The molecule has 0 spiro atoms. The first-order valence-electron chi connectivity index (χ1n) is 0.535. The van der Waals surface area contributed by atoms with Crippen LogP contribution in [-0.4, -0.2) is 0 Å². The third-order valence-corrected chi connectivity index (χ3v) is 0. The fraction of sp³-hybridized carbons (Fsp3) is 0. The van der Waals surface area contributed by atoms with Gasteiger partial charge in [-0.15, -0.1) is 24.8 Å². The predicted molar refractivity (Wildman–Crippen MR) is 36.2 cm³/mol. The average molecular weight is 378 g/mol. The molecule has 0 aromatic heterocycles. The molecule has 0 unspecified atom stereocenters. The second-order valence-corrected chi connectivity index (χ2v) is 7.98. The Balaban J connectivity index is -0.00000000333. The molecule has 0 radical (unpaired) electrons. The van der Waals surface area contributed by atoms with E-state index in [1.54, 1.807) is 0 Å². The van der Waals surface area contributed by atoms with Crippen molar-refractivity contribution in [1.82, 2.24) is 12.3 Å². The summed E-state index contributed by atoms with van der Waals surface area (Å²) in [6, 6.07) is 0. The van der Waals surface area contributed by atoms with Gasteiger partial charge in [0.15, 0.2) is 0 Å². The summed E-state index contributed by atoms with van der Waals surface area (Å²) in [5.41, 5.74) is 0. The zero-order chi connectivity index (χ0) is 2.71. The van der Waals surface area contributed by atoms with Crippen molar-refractivity contribution >= 4 is 41.3 Å². The molecule has 0 saturated heterocycles. The zero-order valence-electron chi connectivity index (χ0n) is 3.69. The van der Waals surface area contributed by atoms with Crippen molar-refractivity contribution in [2.75, 3.05) is 0 Å². The van der Waals surface area contributed by atoms with Gasteiger partial charge in [0.25, 0.3) is 0 Å². The number of hydrogen-bond acceptors (Lipinski definition) is 2. The van der Waals surface area contributed by atoms with Gasteiger partial charge >= 0.3 is 38.6 Å². The minimum atomic E-state index is -1.14. The Hall–Kier alpha value is 2.02. The summed E-state index contributed by atoms with van der Waals surface area (Å²) in [7, 11) is 9.97. The normalized spacial score (nSPS) is 1.43. The van der Waals surface area contributed by atoms with E-state index < -0.39 is 22.1 Å². The minimum absolute atomic E-state index is 0. The average Bonchev–Trinajstić information content (AvgIpc) is 0.918. The van der Waals surface area contributed by atoms with Gasteiger partial charge < -0.3 is 12.3 Å². The molecule has 0 atom stereocenters. The van der Waals surface area contributed by atoms with Crippen LogP contribution in [0.2, 0.25) is 0 Å². The van der Waals surface area contributed by atoms with Crippen molar-refractivity contribution in [1.29, 1.82) is 0 Å². The van der Waals surface area contributed by atoms with E-state index in [0.717, 1.165) is 0 Å². The summed E-state index contributed by atoms with van der Waals surface area (Å²) in [4.78, 5) is 0. The SMILES string of the molecule is Cl.Cl.N.N.[Cl][Hg][Cl]. The first-order valence-corrected chi connectivity index (χ1v) is 14.1. The van der Waals surface area contributed by atoms with Crippen molar-refractivity contribution in [3.8, 4) is 0 Å². The number of rotatable bonds is 0. The molecule has 48 valence electrons. The molecule has 0 fully saturated rings. The van der Waals surface area contributed by atoms with E-state index in [-0.39, 0.29) is 37.1 Å². The van der Waals surface area contributed by atoms with Gasteiger partial charge in [0.1, 0.15) is 0 Å². The standard InChI is InChI=1S/4ClH.Hg.2H3N/h4*1H;;2*1H3/q;;;;+2;;/p-2. The molecule has 0 saturated carbocycles. The Bertz CT molecular complexity index is 9.65. The molecule has 7 heavy (non-hydrogen) atoms. The Kier molecular flexibility index (Phi) is 223. The molecule has 0 bridgehead atoms. The van der Waals surface area contributed by atoms with Crippen LogP contribution in [0.5, 0.6) is 0 Å². The summed E-state index contributed by atoms with van der Waals surface area (Å²) in [5.74, 6) is 0. The third-order valence-electron chi connectivity index (χ3n) is 0. The monoisotopic (exact) mass is 378 g/mol. The van der Waals surface area contributed by atoms with Crippen LogP contribution in [0, 0.1) is 0 Å². The molecule has 0 aromatic carbocycles. The molecule has 0 heterocycles. The van der Waals surface area contributed by atoms with Crippen molar-refractivity contribution in [2.45, 2.75) is 0 Å². The fourth-order valence-electron chi connectivity index (χ4n) is 0. The van der Waals surface area contributed by atoms with E-state index in [1.807, 2.05) is 0 Å². The third kappa shape index (κ3) is 71.4.